The molecule has 1 aromatic carbocycles. The number of hydrogen-bond acceptors (Lipinski definition) is 5. The number of aliphatic imine (C=N–C) groups is 1. The van der Waals surface area contributed by atoms with Crippen molar-refractivity contribution in [1.82, 2.24) is 10.6 Å². The second kappa shape index (κ2) is 9.02. The lowest BCUT2D eigenvalue weighted by atomic mass is 10.2. The van der Waals surface area contributed by atoms with Crippen molar-refractivity contribution in [1.29, 1.82) is 0 Å². The smallest absolute Gasteiger partial charge is 0.387 e. The fourth-order valence-corrected chi connectivity index (χ4v) is 4.27. The van der Waals surface area contributed by atoms with Crippen molar-refractivity contribution in [2.75, 3.05) is 25.2 Å². The SMILES string of the molecule is CCNC(=NCc1ccc(OC)c(OC(F)F)c1)NC1CCS(=O)(=O)C1. The fraction of sp³-hybridized carbons (Fsp3) is 0.562. The molecule has 146 valence electrons. The van der Waals surface area contributed by atoms with E-state index in [2.05, 4.69) is 20.4 Å². The van der Waals surface area contributed by atoms with Crippen LogP contribution in [0.15, 0.2) is 23.2 Å². The van der Waals surface area contributed by atoms with Gasteiger partial charge >= 0.3 is 6.61 Å². The molecule has 1 unspecified atom stereocenters. The van der Waals surface area contributed by atoms with Gasteiger partial charge in [0, 0.05) is 12.6 Å². The summed E-state index contributed by atoms with van der Waals surface area (Å²) in [7, 11) is -1.63. The quantitative estimate of drug-likeness (QED) is 0.541. The molecule has 0 aromatic heterocycles. The van der Waals surface area contributed by atoms with E-state index in [1.165, 1.54) is 19.2 Å². The summed E-state index contributed by atoms with van der Waals surface area (Å²) in [6, 6.07) is 4.49. The van der Waals surface area contributed by atoms with Gasteiger partial charge in [0.2, 0.25) is 0 Å². The zero-order chi connectivity index (χ0) is 19.2. The van der Waals surface area contributed by atoms with Crippen LogP contribution in [0.25, 0.3) is 0 Å². The number of alkyl halides is 2. The van der Waals surface area contributed by atoms with Gasteiger partial charge in [-0.15, -0.1) is 0 Å². The van der Waals surface area contributed by atoms with Crippen LogP contribution in [0.2, 0.25) is 0 Å². The molecule has 0 spiro atoms. The molecule has 0 saturated carbocycles. The summed E-state index contributed by atoms with van der Waals surface area (Å²) in [6.45, 7) is -0.248. The maximum absolute atomic E-state index is 12.5. The van der Waals surface area contributed by atoms with E-state index < -0.39 is 16.4 Å². The first kappa shape index (κ1) is 20.2. The second-order valence-corrected chi connectivity index (χ2v) is 8.03. The Morgan fingerprint density at radius 3 is 2.73 bits per heavy atom. The van der Waals surface area contributed by atoms with Crippen molar-refractivity contribution in [3.05, 3.63) is 23.8 Å². The largest absolute Gasteiger partial charge is 0.493 e. The molecule has 1 atom stereocenters. The van der Waals surface area contributed by atoms with E-state index >= 15 is 0 Å². The van der Waals surface area contributed by atoms with Crippen molar-refractivity contribution < 1.29 is 26.7 Å². The molecule has 26 heavy (non-hydrogen) atoms. The number of sulfone groups is 1. The maximum atomic E-state index is 12.5. The molecule has 1 aliphatic rings. The first-order valence-corrected chi connectivity index (χ1v) is 10.0. The molecule has 2 rings (SSSR count). The number of guanidine groups is 1. The molecule has 1 aliphatic heterocycles. The lowest BCUT2D eigenvalue weighted by Gasteiger charge is -2.16. The normalized spacial score (nSPS) is 19.4. The minimum Gasteiger partial charge on any atom is -0.493 e. The minimum absolute atomic E-state index is 0.0601. The summed E-state index contributed by atoms with van der Waals surface area (Å²) in [5, 5.41) is 6.14. The number of ether oxygens (including phenoxy) is 2. The summed E-state index contributed by atoms with van der Waals surface area (Å²) >= 11 is 0. The second-order valence-electron chi connectivity index (χ2n) is 5.80. The predicted octanol–water partition coefficient (Wildman–Crippen LogP) is 1.54. The summed E-state index contributed by atoms with van der Waals surface area (Å²) in [6.07, 6.45) is 0.529. The first-order chi connectivity index (χ1) is 12.3. The van der Waals surface area contributed by atoms with E-state index in [0.29, 0.717) is 24.5 Å². The molecule has 2 N–H and O–H groups in total. The van der Waals surface area contributed by atoms with Crippen molar-refractivity contribution >= 4 is 15.8 Å². The molecule has 10 heteroatoms. The summed E-state index contributed by atoms with van der Waals surface area (Å²) < 4.78 is 57.6. The Morgan fingerprint density at radius 2 is 2.15 bits per heavy atom. The van der Waals surface area contributed by atoms with Crippen LogP contribution in [-0.2, 0) is 16.4 Å². The number of nitrogens with zero attached hydrogens (tertiary/aromatic N) is 1. The molecule has 0 bridgehead atoms. The van der Waals surface area contributed by atoms with Gasteiger partial charge in [0.1, 0.15) is 0 Å². The van der Waals surface area contributed by atoms with Crippen LogP contribution in [0, 0.1) is 0 Å². The van der Waals surface area contributed by atoms with Gasteiger partial charge < -0.3 is 20.1 Å². The summed E-state index contributed by atoms with van der Waals surface area (Å²) in [4.78, 5) is 4.39. The highest BCUT2D eigenvalue weighted by atomic mass is 32.2. The van der Waals surface area contributed by atoms with Crippen molar-refractivity contribution in [2.45, 2.75) is 32.5 Å². The molecular weight excluding hydrogens is 368 g/mol. The van der Waals surface area contributed by atoms with Crippen molar-refractivity contribution in [2.24, 2.45) is 4.99 Å². The van der Waals surface area contributed by atoms with Crippen LogP contribution in [0.3, 0.4) is 0 Å². The molecule has 0 aliphatic carbocycles. The van der Waals surface area contributed by atoms with E-state index in [1.54, 1.807) is 6.07 Å². The zero-order valence-corrected chi connectivity index (χ0v) is 15.5. The number of nitrogens with one attached hydrogen (secondary N) is 2. The Kier molecular flexibility index (Phi) is 7.01. The van der Waals surface area contributed by atoms with Crippen LogP contribution < -0.4 is 20.1 Å². The van der Waals surface area contributed by atoms with E-state index in [4.69, 9.17) is 4.74 Å². The van der Waals surface area contributed by atoms with E-state index in [9.17, 15) is 17.2 Å². The summed E-state index contributed by atoms with van der Waals surface area (Å²) in [5.74, 6) is 0.861. The van der Waals surface area contributed by atoms with E-state index in [-0.39, 0.29) is 35.6 Å². The maximum Gasteiger partial charge on any atom is 0.387 e. The van der Waals surface area contributed by atoms with Crippen LogP contribution in [0.1, 0.15) is 18.9 Å². The van der Waals surface area contributed by atoms with E-state index in [0.717, 1.165) is 0 Å². The predicted molar refractivity (Wildman–Crippen MR) is 94.6 cm³/mol. The number of hydrogen-bond donors (Lipinski definition) is 2. The van der Waals surface area contributed by atoms with Gasteiger partial charge in [-0.05, 0) is 31.0 Å². The molecular formula is C16H23F2N3O4S. The third kappa shape index (κ3) is 6.01. The van der Waals surface area contributed by atoms with Gasteiger partial charge in [0.05, 0.1) is 25.2 Å². The molecule has 1 fully saturated rings. The number of rotatable bonds is 7. The standard InChI is InChI=1S/C16H23F2N3O4S/c1-3-19-16(21-12-6-7-26(22,23)10-12)20-9-11-4-5-13(24-2)14(8-11)25-15(17)18/h4-5,8,12,15H,3,6-7,9-10H2,1-2H3,(H2,19,20,21). The lowest BCUT2D eigenvalue weighted by molar-refractivity contribution is -0.0512. The average Bonchev–Trinajstić information content (AvgIpc) is 2.91. The van der Waals surface area contributed by atoms with Gasteiger partial charge in [-0.25, -0.2) is 13.4 Å². The Morgan fingerprint density at radius 1 is 1.38 bits per heavy atom. The lowest BCUT2D eigenvalue weighted by Crippen LogP contribution is -2.44. The average molecular weight is 391 g/mol. The van der Waals surface area contributed by atoms with Crippen LogP contribution in [0.4, 0.5) is 8.78 Å². The van der Waals surface area contributed by atoms with Crippen LogP contribution in [-0.4, -0.2) is 52.2 Å². The van der Waals surface area contributed by atoms with Gasteiger partial charge in [-0.2, -0.15) is 8.78 Å². The highest BCUT2D eigenvalue weighted by Crippen LogP contribution is 2.29. The monoisotopic (exact) mass is 391 g/mol. The Hall–Kier alpha value is -2.10. The van der Waals surface area contributed by atoms with Gasteiger partial charge in [-0.3, -0.25) is 0 Å². The molecule has 7 nitrogen and oxygen atoms in total. The first-order valence-electron chi connectivity index (χ1n) is 8.20. The minimum atomic E-state index is -2.99. The Labute approximate surface area is 151 Å². The highest BCUT2D eigenvalue weighted by Gasteiger charge is 2.28. The van der Waals surface area contributed by atoms with Crippen LogP contribution >= 0.6 is 0 Å². The van der Waals surface area contributed by atoms with Gasteiger partial charge in [0.25, 0.3) is 0 Å². The Bertz CT molecular complexity index is 741. The topological polar surface area (TPSA) is 89.0 Å². The van der Waals surface area contributed by atoms with Crippen LogP contribution in [0.5, 0.6) is 11.5 Å². The third-order valence-corrected chi connectivity index (χ3v) is 5.55. The fourth-order valence-electron chi connectivity index (χ4n) is 2.60. The zero-order valence-electron chi connectivity index (χ0n) is 14.7. The molecule has 1 saturated heterocycles. The van der Waals surface area contributed by atoms with E-state index in [1.807, 2.05) is 6.92 Å². The molecule has 0 radical (unpaired) electrons. The van der Waals surface area contributed by atoms with Gasteiger partial charge in [-0.1, -0.05) is 6.07 Å². The third-order valence-electron chi connectivity index (χ3n) is 3.78. The number of benzene rings is 1. The molecule has 0 amide bonds. The Balaban J connectivity index is 2.08. The van der Waals surface area contributed by atoms with Crippen molar-refractivity contribution in [3.8, 4) is 11.5 Å². The number of halogens is 2. The highest BCUT2D eigenvalue weighted by molar-refractivity contribution is 7.91. The molecule has 1 heterocycles. The van der Waals surface area contributed by atoms with Gasteiger partial charge in [0.15, 0.2) is 27.3 Å². The summed E-state index contributed by atoms with van der Waals surface area (Å²) in [5.41, 5.74) is 0.651. The number of methoxy groups -OCH3 is 1. The van der Waals surface area contributed by atoms with Crippen molar-refractivity contribution in [3.63, 3.8) is 0 Å². The molecule has 1 aromatic rings.